The van der Waals surface area contributed by atoms with Crippen molar-refractivity contribution >= 4 is 16.0 Å². The van der Waals surface area contributed by atoms with Gasteiger partial charge in [-0.2, -0.15) is 0 Å². The molecular formula is C16H16N2O4S. The first-order valence-corrected chi connectivity index (χ1v) is 8.74. The monoisotopic (exact) mass is 332 g/mol. The smallest absolute Gasteiger partial charge is 0.354 e. The van der Waals surface area contributed by atoms with Gasteiger partial charge in [0.2, 0.25) is 10.0 Å². The summed E-state index contributed by atoms with van der Waals surface area (Å²) < 4.78 is 27.3. The number of rotatable bonds is 5. The molecule has 7 heteroatoms. The number of sulfonamides is 1. The zero-order valence-electron chi connectivity index (χ0n) is 12.3. The highest BCUT2D eigenvalue weighted by atomic mass is 32.2. The average Bonchev–Trinajstić information content (AvgIpc) is 3.01. The molecule has 23 heavy (non-hydrogen) atoms. The normalized spacial score (nSPS) is 13.7. The Labute approximate surface area is 134 Å². The lowest BCUT2D eigenvalue weighted by atomic mass is 10.1. The molecular weight excluding hydrogens is 316 g/mol. The standard InChI is InChI=1S/C16H16N2O4S/c19-16(20)15-8-11(6-7-17-15)10-18-23(21,22)14-5-4-12-2-1-3-13(12)9-14/h4-9,18H,1-3,10H2,(H,19,20). The summed E-state index contributed by atoms with van der Waals surface area (Å²) in [7, 11) is -3.63. The number of carboxylic acids is 1. The second kappa shape index (κ2) is 6.10. The highest BCUT2D eigenvalue weighted by Crippen LogP contribution is 2.24. The van der Waals surface area contributed by atoms with E-state index < -0.39 is 16.0 Å². The largest absolute Gasteiger partial charge is 0.477 e. The second-order valence-electron chi connectivity index (χ2n) is 5.46. The van der Waals surface area contributed by atoms with Crippen LogP contribution >= 0.6 is 0 Å². The van der Waals surface area contributed by atoms with Crippen LogP contribution in [0.1, 0.15) is 33.6 Å². The molecule has 0 saturated carbocycles. The number of nitrogens with one attached hydrogen (secondary N) is 1. The number of aromatic nitrogens is 1. The molecule has 0 atom stereocenters. The third-order valence-corrected chi connectivity index (χ3v) is 5.29. The van der Waals surface area contributed by atoms with E-state index in [1.807, 2.05) is 6.07 Å². The number of carbonyl (C=O) groups is 1. The Morgan fingerprint density at radius 3 is 2.74 bits per heavy atom. The SMILES string of the molecule is O=C(O)c1cc(CNS(=O)(=O)c2ccc3c(c2)CCC3)ccn1. The summed E-state index contributed by atoms with van der Waals surface area (Å²) in [5.41, 5.74) is 2.73. The van der Waals surface area contributed by atoms with E-state index >= 15 is 0 Å². The molecule has 1 aliphatic rings. The molecule has 0 fully saturated rings. The number of carboxylic acid groups (broad SMARTS) is 1. The third-order valence-electron chi connectivity index (χ3n) is 3.89. The molecule has 1 heterocycles. The number of aryl methyl sites for hydroxylation is 2. The van der Waals surface area contributed by atoms with Crippen LogP contribution < -0.4 is 4.72 Å². The Kier molecular flexibility index (Phi) is 4.14. The predicted molar refractivity (Wildman–Crippen MR) is 83.7 cm³/mol. The summed E-state index contributed by atoms with van der Waals surface area (Å²) >= 11 is 0. The first-order chi connectivity index (χ1) is 11.0. The predicted octanol–water partition coefficient (Wildman–Crippen LogP) is 1.75. The summed E-state index contributed by atoms with van der Waals surface area (Å²) in [6.45, 7) is 0.0161. The quantitative estimate of drug-likeness (QED) is 0.869. The van der Waals surface area contributed by atoms with Crippen LogP contribution in [0.15, 0.2) is 41.4 Å². The zero-order valence-corrected chi connectivity index (χ0v) is 13.1. The molecule has 1 aromatic heterocycles. The third kappa shape index (κ3) is 3.40. The molecule has 0 radical (unpaired) electrons. The lowest BCUT2D eigenvalue weighted by Gasteiger charge is -2.09. The van der Waals surface area contributed by atoms with E-state index in [1.165, 1.54) is 17.8 Å². The molecule has 120 valence electrons. The van der Waals surface area contributed by atoms with Gasteiger partial charge in [0.1, 0.15) is 5.69 Å². The van der Waals surface area contributed by atoms with Crippen molar-refractivity contribution in [2.75, 3.05) is 0 Å². The Morgan fingerprint density at radius 1 is 1.17 bits per heavy atom. The van der Waals surface area contributed by atoms with Crippen molar-refractivity contribution in [3.05, 3.63) is 58.9 Å². The maximum absolute atomic E-state index is 12.4. The van der Waals surface area contributed by atoms with Gasteiger partial charge >= 0.3 is 5.97 Å². The number of nitrogens with zero attached hydrogens (tertiary/aromatic N) is 1. The maximum atomic E-state index is 12.4. The fourth-order valence-corrected chi connectivity index (χ4v) is 3.75. The Morgan fingerprint density at radius 2 is 1.96 bits per heavy atom. The minimum atomic E-state index is -3.63. The number of fused-ring (bicyclic) bond motifs is 1. The fraction of sp³-hybridized carbons (Fsp3) is 0.250. The number of benzene rings is 1. The number of hydrogen-bond acceptors (Lipinski definition) is 4. The summed E-state index contributed by atoms with van der Waals surface area (Å²) in [5, 5.41) is 8.90. The van der Waals surface area contributed by atoms with Gasteiger partial charge in [0.25, 0.3) is 0 Å². The van der Waals surface area contributed by atoms with Gasteiger partial charge in [-0.3, -0.25) is 0 Å². The Hall–Kier alpha value is -2.25. The Bertz CT molecular complexity index is 862. The topological polar surface area (TPSA) is 96.4 Å². The van der Waals surface area contributed by atoms with Crippen LogP contribution in [0.4, 0.5) is 0 Å². The van der Waals surface area contributed by atoms with Crippen LogP contribution in [0.2, 0.25) is 0 Å². The molecule has 3 rings (SSSR count). The van der Waals surface area contributed by atoms with E-state index in [0.717, 1.165) is 24.8 Å². The maximum Gasteiger partial charge on any atom is 0.354 e. The van der Waals surface area contributed by atoms with Crippen LogP contribution in [0.25, 0.3) is 0 Å². The first kappa shape index (κ1) is 15.6. The molecule has 2 aromatic rings. The van der Waals surface area contributed by atoms with Crippen molar-refractivity contribution in [2.24, 2.45) is 0 Å². The molecule has 1 aromatic carbocycles. The lowest BCUT2D eigenvalue weighted by molar-refractivity contribution is 0.0690. The second-order valence-corrected chi connectivity index (χ2v) is 7.23. The van der Waals surface area contributed by atoms with Crippen molar-refractivity contribution < 1.29 is 18.3 Å². The highest BCUT2D eigenvalue weighted by molar-refractivity contribution is 7.89. The molecule has 1 aliphatic carbocycles. The van der Waals surface area contributed by atoms with Gasteiger partial charge in [-0.1, -0.05) is 6.07 Å². The minimum absolute atomic E-state index is 0.0161. The summed E-state index contributed by atoms with van der Waals surface area (Å²) in [6, 6.07) is 8.14. The molecule has 0 aliphatic heterocycles. The van der Waals surface area contributed by atoms with E-state index in [1.54, 1.807) is 18.2 Å². The highest BCUT2D eigenvalue weighted by Gasteiger charge is 2.18. The van der Waals surface area contributed by atoms with Gasteiger partial charge in [-0.25, -0.2) is 22.9 Å². The van der Waals surface area contributed by atoms with E-state index in [-0.39, 0.29) is 17.1 Å². The molecule has 0 amide bonds. The van der Waals surface area contributed by atoms with Crippen LogP contribution in [0, 0.1) is 0 Å². The van der Waals surface area contributed by atoms with Gasteiger partial charge in [-0.15, -0.1) is 0 Å². The first-order valence-electron chi connectivity index (χ1n) is 7.25. The zero-order chi connectivity index (χ0) is 16.4. The van der Waals surface area contributed by atoms with Gasteiger partial charge in [-0.05, 0) is 60.2 Å². The summed E-state index contributed by atoms with van der Waals surface area (Å²) in [5.74, 6) is -1.15. The molecule has 0 unspecified atom stereocenters. The van der Waals surface area contributed by atoms with Gasteiger partial charge in [0, 0.05) is 12.7 Å². The molecule has 0 bridgehead atoms. The molecule has 0 saturated heterocycles. The molecule has 0 spiro atoms. The Balaban J connectivity index is 1.76. The fourth-order valence-electron chi connectivity index (χ4n) is 2.68. The van der Waals surface area contributed by atoms with Crippen molar-refractivity contribution in [1.82, 2.24) is 9.71 Å². The van der Waals surface area contributed by atoms with E-state index in [9.17, 15) is 13.2 Å². The number of aromatic carboxylic acids is 1. The lowest BCUT2D eigenvalue weighted by Crippen LogP contribution is -2.23. The van der Waals surface area contributed by atoms with Gasteiger partial charge in [0.05, 0.1) is 4.90 Å². The van der Waals surface area contributed by atoms with Crippen LogP contribution in [-0.2, 0) is 29.4 Å². The van der Waals surface area contributed by atoms with Gasteiger partial charge in [0.15, 0.2) is 0 Å². The molecule has 6 nitrogen and oxygen atoms in total. The summed E-state index contributed by atoms with van der Waals surface area (Å²) in [4.78, 5) is 14.8. The number of hydrogen-bond donors (Lipinski definition) is 2. The van der Waals surface area contributed by atoms with E-state index in [4.69, 9.17) is 5.11 Å². The minimum Gasteiger partial charge on any atom is -0.477 e. The van der Waals surface area contributed by atoms with Crippen LogP contribution in [-0.4, -0.2) is 24.5 Å². The van der Waals surface area contributed by atoms with Crippen molar-refractivity contribution in [3.63, 3.8) is 0 Å². The number of pyridine rings is 1. The van der Waals surface area contributed by atoms with Crippen LogP contribution in [0.3, 0.4) is 0 Å². The van der Waals surface area contributed by atoms with Crippen molar-refractivity contribution in [1.29, 1.82) is 0 Å². The van der Waals surface area contributed by atoms with Gasteiger partial charge < -0.3 is 5.11 Å². The van der Waals surface area contributed by atoms with Crippen molar-refractivity contribution in [3.8, 4) is 0 Å². The van der Waals surface area contributed by atoms with E-state index in [2.05, 4.69) is 9.71 Å². The molecule has 2 N–H and O–H groups in total. The average molecular weight is 332 g/mol. The summed E-state index contributed by atoms with van der Waals surface area (Å²) in [6.07, 6.45) is 4.31. The van der Waals surface area contributed by atoms with Crippen molar-refractivity contribution in [2.45, 2.75) is 30.7 Å². The van der Waals surface area contributed by atoms with Crippen LogP contribution in [0.5, 0.6) is 0 Å². The van der Waals surface area contributed by atoms with E-state index in [0.29, 0.717) is 5.56 Å².